The molecule has 0 radical (unpaired) electrons. The lowest BCUT2D eigenvalue weighted by Crippen LogP contribution is -2.51. The summed E-state index contributed by atoms with van der Waals surface area (Å²) in [7, 11) is 1.75. The molecule has 31 heavy (non-hydrogen) atoms. The molecule has 1 aliphatic carbocycles. The maximum absolute atomic E-state index is 13.0. The van der Waals surface area contributed by atoms with Crippen molar-refractivity contribution in [2.45, 2.75) is 31.5 Å². The molecule has 2 fully saturated rings. The van der Waals surface area contributed by atoms with E-state index in [1.54, 1.807) is 30.4 Å². The smallest absolute Gasteiger partial charge is 0.270 e. The number of carbonyl (C=O) groups excluding carboxylic acids is 2. The first kappa shape index (κ1) is 19.7. The Kier molecular flexibility index (Phi) is 4.97. The fourth-order valence-electron chi connectivity index (χ4n) is 4.50. The fourth-order valence-corrected chi connectivity index (χ4v) is 4.50. The summed E-state index contributed by atoms with van der Waals surface area (Å²) in [5.41, 5.74) is 1.06. The van der Waals surface area contributed by atoms with E-state index in [2.05, 4.69) is 15.4 Å². The van der Waals surface area contributed by atoms with Gasteiger partial charge in [-0.05, 0) is 18.6 Å². The number of likely N-dealkylation sites (N-methyl/N-ethyl adjacent to an activating group) is 1. The van der Waals surface area contributed by atoms with Crippen molar-refractivity contribution in [1.29, 1.82) is 0 Å². The van der Waals surface area contributed by atoms with Crippen molar-refractivity contribution in [3.8, 4) is 0 Å². The Morgan fingerprint density at radius 2 is 2.16 bits per heavy atom. The molecule has 162 valence electrons. The van der Waals surface area contributed by atoms with Gasteiger partial charge in [-0.2, -0.15) is 5.10 Å². The molecule has 0 aromatic carbocycles. The van der Waals surface area contributed by atoms with E-state index in [-0.39, 0.29) is 36.2 Å². The van der Waals surface area contributed by atoms with Gasteiger partial charge in [0.05, 0.1) is 30.4 Å². The Morgan fingerprint density at radius 3 is 2.97 bits per heavy atom. The second-order valence-corrected chi connectivity index (χ2v) is 8.28. The third-order valence-corrected chi connectivity index (χ3v) is 6.21. The van der Waals surface area contributed by atoms with E-state index in [9.17, 15) is 9.59 Å². The molecule has 5 rings (SSSR count). The minimum Gasteiger partial charge on any atom is -0.493 e. The summed E-state index contributed by atoms with van der Waals surface area (Å²) in [6, 6.07) is 0.906. The van der Waals surface area contributed by atoms with Crippen molar-refractivity contribution < 1.29 is 19.1 Å². The van der Waals surface area contributed by atoms with Crippen LogP contribution in [0.4, 0.5) is 0 Å². The van der Waals surface area contributed by atoms with Crippen molar-refractivity contribution in [3.05, 3.63) is 48.1 Å². The summed E-state index contributed by atoms with van der Waals surface area (Å²) >= 11 is 0. The first-order valence-corrected chi connectivity index (χ1v) is 10.5. The van der Waals surface area contributed by atoms with Crippen LogP contribution in [0.5, 0.6) is 0 Å². The van der Waals surface area contributed by atoms with Crippen LogP contribution in [0.15, 0.2) is 42.4 Å². The number of amides is 2. The lowest BCUT2D eigenvalue weighted by molar-refractivity contribution is -0.133. The zero-order chi connectivity index (χ0) is 21.5. The molecule has 0 bridgehead atoms. The van der Waals surface area contributed by atoms with Gasteiger partial charge in [0.1, 0.15) is 24.1 Å². The van der Waals surface area contributed by atoms with Crippen molar-refractivity contribution in [2.75, 3.05) is 26.9 Å². The lowest BCUT2D eigenvalue weighted by atomic mass is 9.94. The molecule has 1 unspecified atom stereocenters. The van der Waals surface area contributed by atoms with E-state index in [4.69, 9.17) is 9.47 Å². The number of aromatic nitrogens is 3. The van der Waals surface area contributed by atoms with Crippen LogP contribution in [-0.4, -0.2) is 70.4 Å². The van der Waals surface area contributed by atoms with E-state index in [1.165, 1.54) is 0 Å². The van der Waals surface area contributed by atoms with Crippen molar-refractivity contribution in [2.24, 2.45) is 5.92 Å². The van der Waals surface area contributed by atoms with Crippen LogP contribution in [0.2, 0.25) is 0 Å². The van der Waals surface area contributed by atoms with Gasteiger partial charge in [-0.25, -0.2) is 0 Å². The number of rotatable bonds is 3. The van der Waals surface area contributed by atoms with Gasteiger partial charge < -0.3 is 19.7 Å². The maximum Gasteiger partial charge on any atom is 0.270 e. The third-order valence-electron chi connectivity index (χ3n) is 6.21. The van der Waals surface area contributed by atoms with E-state index in [0.29, 0.717) is 13.2 Å². The Morgan fingerprint density at radius 1 is 1.29 bits per heavy atom. The van der Waals surface area contributed by atoms with Crippen molar-refractivity contribution >= 4 is 22.7 Å². The molecule has 2 saturated heterocycles. The predicted octanol–water partition coefficient (Wildman–Crippen LogP) is 1.44. The molecule has 0 saturated carbocycles. The van der Waals surface area contributed by atoms with Crippen LogP contribution in [0, 0.1) is 5.92 Å². The zero-order valence-electron chi connectivity index (χ0n) is 17.5. The van der Waals surface area contributed by atoms with Gasteiger partial charge in [0.15, 0.2) is 0 Å². The minimum atomic E-state index is -0.790. The van der Waals surface area contributed by atoms with Gasteiger partial charge in [-0.3, -0.25) is 19.3 Å². The molecular weight excluding hydrogens is 398 g/mol. The fraction of sp³-hybridized carbons (Fsp3) is 0.455. The molecule has 3 aliphatic rings. The first-order valence-electron chi connectivity index (χ1n) is 10.5. The van der Waals surface area contributed by atoms with Crippen molar-refractivity contribution in [1.82, 2.24) is 25.0 Å². The first-order chi connectivity index (χ1) is 15.0. The Balaban J connectivity index is 1.36. The minimum absolute atomic E-state index is 0.0808. The van der Waals surface area contributed by atoms with E-state index in [1.807, 2.05) is 29.8 Å². The summed E-state index contributed by atoms with van der Waals surface area (Å²) in [4.78, 5) is 32.0. The van der Waals surface area contributed by atoms with E-state index >= 15 is 0 Å². The Labute approximate surface area is 179 Å². The zero-order valence-corrected chi connectivity index (χ0v) is 17.5. The third kappa shape index (κ3) is 3.48. The highest BCUT2D eigenvalue weighted by atomic mass is 16.5. The highest BCUT2D eigenvalue weighted by Gasteiger charge is 2.38. The van der Waals surface area contributed by atoms with Gasteiger partial charge in [0, 0.05) is 31.2 Å². The SMILES string of the molecule is C[C@@H]1C=CC=C2OC[C@H](NC(=O)c3cc4c(cn3)cnn4C3CCOC3)C(=O)N(C)[C@H]21. The monoisotopic (exact) mass is 423 g/mol. The number of pyridine rings is 1. The number of ether oxygens (including phenoxy) is 2. The number of hydrogen-bond acceptors (Lipinski definition) is 6. The molecule has 9 nitrogen and oxygen atoms in total. The Hall–Kier alpha value is -3.20. The maximum atomic E-state index is 13.0. The van der Waals surface area contributed by atoms with Gasteiger partial charge in [0.25, 0.3) is 5.91 Å². The van der Waals surface area contributed by atoms with Crippen LogP contribution in [-0.2, 0) is 14.3 Å². The topological polar surface area (TPSA) is 98.6 Å². The number of hydrogen-bond donors (Lipinski definition) is 1. The van der Waals surface area contributed by atoms with Crippen molar-refractivity contribution in [3.63, 3.8) is 0 Å². The highest BCUT2D eigenvalue weighted by molar-refractivity contribution is 5.98. The quantitative estimate of drug-likeness (QED) is 0.802. The molecule has 9 heteroatoms. The molecule has 2 aliphatic heterocycles. The molecule has 1 N–H and O–H groups in total. The standard InChI is InChI=1S/C22H25N5O4/c1-13-4-3-5-19-20(13)26(2)22(29)17(12-31-19)25-21(28)16-8-18-14(9-23-16)10-24-27(18)15-6-7-30-11-15/h3-5,8-10,13,15,17,20H,6-7,11-12H2,1-2H3,(H,25,28)/t13-,15?,17+,20+/m1/s1. The highest BCUT2D eigenvalue weighted by Crippen LogP contribution is 2.28. The number of nitrogens with one attached hydrogen (secondary N) is 1. The molecular formula is C22H25N5O4. The molecule has 2 aromatic heterocycles. The number of carbonyl (C=O) groups is 2. The van der Waals surface area contributed by atoms with Crippen LogP contribution < -0.4 is 5.32 Å². The largest absolute Gasteiger partial charge is 0.493 e. The Bertz CT molecular complexity index is 1080. The average molecular weight is 423 g/mol. The summed E-state index contributed by atoms with van der Waals surface area (Å²) in [5, 5.41) is 8.11. The molecule has 2 aromatic rings. The molecule has 2 amide bonds. The van der Waals surface area contributed by atoms with Crippen LogP contribution in [0.3, 0.4) is 0 Å². The van der Waals surface area contributed by atoms with Gasteiger partial charge in [0.2, 0.25) is 5.91 Å². The summed E-state index contributed by atoms with van der Waals surface area (Å²) in [6.45, 7) is 3.42. The second-order valence-electron chi connectivity index (χ2n) is 8.28. The van der Waals surface area contributed by atoms with E-state index < -0.39 is 11.9 Å². The molecule has 4 atom stereocenters. The van der Waals surface area contributed by atoms with Gasteiger partial charge in [-0.15, -0.1) is 0 Å². The van der Waals surface area contributed by atoms with Crippen LogP contribution >= 0.6 is 0 Å². The average Bonchev–Trinajstić information content (AvgIpc) is 3.42. The van der Waals surface area contributed by atoms with Gasteiger partial charge >= 0.3 is 0 Å². The van der Waals surface area contributed by atoms with Gasteiger partial charge in [-0.1, -0.05) is 19.1 Å². The number of allylic oxidation sites excluding steroid dienone is 2. The van der Waals surface area contributed by atoms with E-state index in [0.717, 1.165) is 23.1 Å². The second kappa shape index (κ2) is 7.81. The summed E-state index contributed by atoms with van der Waals surface area (Å²) in [5.74, 6) is 0.271. The predicted molar refractivity (Wildman–Crippen MR) is 112 cm³/mol. The van der Waals surface area contributed by atoms with Crippen LogP contribution in [0.25, 0.3) is 10.9 Å². The summed E-state index contributed by atoms with van der Waals surface area (Å²) in [6.07, 6.45) is 10.1. The summed E-state index contributed by atoms with van der Waals surface area (Å²) < 4.78 is 13.3. The van der Waals surface area contributed by atoms with Crippen LogP contribution in [0.1, 0.15) is 29.9 Å². The lowest BCUT2D eigenvalue weighted by Gasteiger charge is -2.32. The normalized spacial score (nSPS) is 28.1. The molecule has 0 spiro atoms. The number of fused-ring (bicyclic) bond motifs is 2. The number of nitrogens with zero attached hydrogens (tertiary/aromatic N) is 4. The molecule has 4 heterocycles.